The van der Waals surface area contributed by atoms with Crippen LogP contribution in [0.3, 0.4) is 0 Å². The number of thioether (sulfide) groups is 1. The fraction of sp³-hybridized carbons (Fsp3) is 0.154. The zero-order chi connectivity index (χ0) is 14.8. The number of halogens is 3. The van der Waals surface area contributed by atoms with Gasteiger partial charge < -0.3 is 10.5 Å². The Labute approximate surface area is 118 Å². The molecule has 0 saturated carbocycles. The fourth-order valence-corrected chi connectivity index (χ4v) is 1.91. The first-order valence-corrected chi connectivity index (χ1v) is 6.77. The third-order valence-electron chi connectivity index (χ3n) is 2.43. The molecule has 2 rings (SSSR count). The number of pyridine rings is 1. The lowest BCUT2D eigenvalue weighted by molar-refractivity contribution is -0.137. The molecule has 0 fully saturated rings. The summed E-state index contributed by atoms with van der Waals surface area (Å²) < 4.78 is 43.2. The average molecular weight is 300 g/mol. The number of nitrogens with zero attached hydrogens (tertiary/aromatic N) is 1. The van der Waals surface area contributed by atoms with E-state index in [1.807, 2.05) is 6.26 Å². The molecule has 7 heteroatoms. The smallest absolute Gasteiger partial charge is 0.416 e. The van der Waals surface area contributed by atoms with Crippen molar-refractivity contribution in [1.82, 2.24) is 4.98 Å². The highest BCUT2D eigenvalue weighted by molar-refractivity contribution is 7.98. The van der Waals surface area contributed by atoms with Crippen LogP contribution in [-0.4, -0.2) is 11.2 Å². The van der Waals surface area contributed by atoms with Gasteiger partial charge in [0.15, 0.2) is 0 Å². The minimum absolute atomic E-state index is 0.186. The van der Waals surface area contributed by atoms with Crippen molar-refractivity contribution in [2.24, 2.45) is 0 Å². The van der Waals surface area contributed by atoms with Gasteiger partial charge in [-0.2, -0.15) is 18.2 Å². The molecule has 1 heterocycles. The van der Waals surface area contributed by atoms with Crippen LogP contribution in [0.5, 0.6) is 11.6 Å². The second-order valence-corrected chi connectivity index (χ2v) is 4.77. The maximum atomic E-state index is 12.6. The molecule has 0 spiro atoms. The number of rotatable bonds is 3. The van der Waals surface area contributed by atoms with Gasteiger partial charge in [0, 0.05) is 11.0 Å². The van der Waals surface area contributed by atoms with Crippen LogP contribution in [0.4, 0.5) is 19.0 Å². The number of nitrogen functional groups attached to an aromatic ring is 1. The lowest BCUT2D eigenvalue weighted by Crippen LogP contribution is -2.07. The average Bonchev–Trinajstić information content (AvgIpc) is 2.38. The second kappa shape index (κ2) is 5.62. The summed E-state index contributed by atoms with van der Waals surface area (Å²) in [6.45, 7) is 0. The van der Waals surface area contributed by atoms with Crippen LogP contribution in [0.1, 0.15) is 5.56 Å². The van der Waals surface area contributed by atoms with E-state index in [9.17, 15) is 13.2 Å². The van der Waals surface area contributed by atoms with E-state index in [-0.39, 0.29) is 11.7 Å². The van der Waals surface area contributed by atoms with Crippen molar-refractivity contribution in [2.45, 2.75) is 11.1 Å². The Morgan fingerprint density at radius 3 is 2.35 bits per heavy atom. The maximum absolute atomic E-state index is 12.6. The Balaban J connectivity index is 2.26. The second-order valence-electron chi connectivity index (χ2n) is 3.89. The molecule has 20 heavy (non-hydrogen) atoms. The minimum atomic E-state index is -4.49. The largest absolute Gasteiger partial charge is 0.439 e. The first kappa shape index (κ1) is 14.5. The minimum Gasteiger partial charge on any atom is -0.439 e. The van der Waals surface area contributed by atoms with Crippen molar-refractivity contribution in [2.75, 3.05) is 12.0 Å². The van der Waals surface area contributed by atoms with Crippen molar-refractivity contribution in [3.05, 3.63) is 42.0 Å². The van der Waals surface area contributed by atoms with E-state index in [0.717, 1.165) is 17.0 Å². The SMILES string of the molecule is CSc1ccc(Oc2cc(C(F)(F)F)cc(N)n2)cc1. The molecule has 0 aliphatic rings. The van der Waals surface area contributed by atoms with E-state index in [1.54, 1.807) is 36.0 Å². The molecule has 1 aromatic carbocycles. The zero-order valence-corrected chi connectivity index (χ0v) is 11.3. The van der Waals surface area contributed by atoms with Gasteiger partial charge in [-0.3, -0.25) is 0 Å². The van der Waals surface area contributed by atoms with E-state index in [4.69, 9.17) is 10.5 Å². The molecule has 0 aliphatic heterocycles. The molecule has 0 aliphatic carbocycles. The Morgan fingerprint density at radius 1 is 1.15 bits per heavy atom. The van der Waals surface area contributed by atoms with Crippen LogP contribution >= 0.6 is 11.8 Å². The number of ether oxygens (including phenoxy) is 1. The van der Waals surface area contributed by atoms with E-state index in [0.29, 0.717) is 5.75 Å². The van der Waals surface area contributed by atoms with Crippen LogP contribution in [0.15, 0.2) is 41.3 Å². The summed E-state index contributed by atoms with van der Waals surface area (Å²) in [6, 6.07) is 8.50. The van der Waals surface area contributed by atoms with Gasteiger partial charge in [-0.15, -0.1) is 11.8 Å². The summed E-state index contributed by atoms with van der Waals surface area (Å²) in [6.07, 6.45) is -2.57. The van der Waals surface area contributed by atoms with E-state index in [1.165, 1.54) is 0 Å². The van der Waals surface area contributed by atoms with E-state index in [2.05, 4.69) is 4.98 Å². The number of anilines is 1. The summed E-state index contributed by atoms with van der Waals surface area (Å²) in [7, 11) is 0. The highest BCUT2D eigenvalue weighted by atomic mass is 32.2. The highest BCUT2D eigenvalue weighted by Crippen LogP contribution is 2.33. The fourth-order valence-electron chi connectivity index (χ4n) is 1.51. The first-order valence-electron chi connectivity index (χ1n) is 5.55. The van der Waals surface area contributed by atoms with Gasteiger partial charge in [-0.05, 0) is 36.6 Å². The maximum Gasteiger partial charge on any atom is 0.416 e. The van der Waals surface area contributed by atoms with Crippen LogP contribution < -0.4 is 10.5 Å². The normalized spacial score (nSPS) is 11.4. The van der Waals surface area contributed by atoms with Crippen LogP contribution in [0.2, 0.25) is 0 Å². The number of hydrogen-bond acceptors (Lipinski definition) is 4. The summed E-state index contributed by atoms with van der Waals surface area (Å²) in [5.41, 5.74) is 4.47. The van der Waals surface area contributed by atoms with Crippen molar-refractivity contribution in [1.29, 1.82) is 0 Å². The predicted molar refractivity (Wildman–Crippen MR) is 71.9 cm³/mol. The van der Waals surface area contributed by atoms with Crippen molar-refractivity contribution >= 4 is 17.6 Å². The van der Waals surface area contributed by atoms with Gasteiger partial charge >= 0.3 is 6.18 Å². The molecule has 0 saturated heterocycles. The molecule has 0 atom stereocenters. The summed E-state index contributed by atoms with van der Waals surface area (Å²) in [4.78, 5) is 4.76. The van der Waals surface area contributed by atoms with Crippen molar-refractivity contribution in [3.8, 4) is 11.6 Å². The molecular weight excluding hydrogens is 289 g/mol. The predicted octanol–water partition coefficient (Wildman–Crippen LogP) is 4.20. The molecule has 2 aromatic rings. The van der Waals surface area contributed by atoms with E-state index < -0.39 is 11.7 Å². The topological polar surface area (TPSA) is 48.1 Å². The van der Waals surface area contributed by atoms with Crippen molar-refractivity contribution in [3.63, 3.8) is 0 Å². The molecule has 106 valence electrons. The molecule has 0 amide bonds. The zero-order valence-electron chi connectivity index (χ0n) is 10.4. The number of benzene rings is 1. The lowest BCUT2D eigenvalue weighted by atomic mass is 10.2. The highest BCUT2D eigenvalue weighted by Gasteiger charge is 2.31. The monoisotopic (exact) mass is 300 g/mol. The Kier molecular flexibility index (Phi) is 4.08. The standard InChI is InChI=1S/C13H11F3N2OS/c1-20-10-4-2-9(3-5-10)19-12-7-8(13(14,15)16)6-11(17)18-12/h2-7H,1H3,(H2,17,18). The van der Waals surface area contributed by atoms with Crippen molar-refractivity contribution < 1.29 is 17.9 Å². The Hall–Kier alpha value is -1.89. The Bertz CT molecular complexity index is 600. The number of hydrogen-bond donors (Lipinski definition) is 1. The van der Waals surface area contributed by atoms with Crippen LogP contribution in [0, 0.1) is 0 Å². The van der Waals surface area contributed by atoms with Gasteiger partial charge in [0.05, 0.1) is 5.56 Å². The summed E-state index contributed by atoms with van der Waals surface area (Å²) in [5.74, 6) is -0.0289. The Morgan fingerprint density at radius 2 is 1.80 bits per heavy atom. The number of nitrogens with two attached hydrogens (primary N) is 1. The van der Waals surface area contributed by atoms with Gasteiger partial charge in [0.25, 0.3) is 0 Å². The van der Waals surface area contributed by atoms with E-state index >= 15 is 0 Å². The first-order chi connectivity index (χ1) is 9.38. The molecule has 0 unspecified atom stereocenters. The molecule has 3 nitrogen and oxygen atoms in total. The van der Waals surface area contributed by atoms with Gasteiger partial charge in [0.1, 0.15) is 11.6 Å². The third kappa shape index (κ3) is 3.57. The third-order valence-corrected chi connectivity index (χ3v) is 3.17. The quantitative estimate of drug-likeness (QED) is 0.863. The number of alkyl halides is 3. The molecule has 0 radical (unpaired) electrons. The van der Waals surface area contributed by atoms with Gasteiger partial charge in [-0.1, -0.05) is 0 Å². The summed E-state index contributed by atoms with van der Waals surface area (Å²) in [5, 5.41) is 0. The molecule has 0 bridgehead atoms. The molecule has 1 aromatic heterocycles. The van der Waals surface area contributed by atoms with Crippen LogP contribution in [-0.2, 0) is 6.18 Å². The molecular formula is C13H11F3N2OS. The number of aromatic nitrogens is 1. The lowest BCUT2D eigenvalue weighted by Gasteiger charge is -2.10. The van der Waals surface area contributed by atoms with Gasteiger partial charge in [0.2, 0.25) is 5.88 Å². The molecule has 2 N–H and O–H groups in total. The summed E-state index contributed by atoms with van der Waals surface area (Å²) >= 11 is 1.55. The van der Waals surface area contributed by atoms with Crippen LogP contribution in [0.25, 0.3) is 0 Å². The van der Waals surface area contributed by atoms with Gasteiger partial charge in [-0.25, -0.2) is 0 Å².